The van der Waals surface area contributed by atoms with E-state index in [2.05, 4.69) is 15.6 Å². The molecule has 0 saturated heterocycles. The fraction of sp³-hybridized carbons (Fsp3) is 0.0952. The maximum Gasteiger partial charge on any atom is 0.292 e. The first kappa shape index (κ1) is 21.8. The lowest BCUT2D eigenvalue weighted by Gasteiger charge is -2.11. The maximum absolute atomic E-state index is 12.7. The number of nitrogens with one attached hydrogen (secondary N) is 1. The van der Waals surface area contributed by atoms with Crippen molar-refractivity contribution in [2.45, 2.75) is 6.92 Å². The lowest BCUT2D eigenvalue weighted by molar-refractivity contribution is -0.384. The first-order valence-electron chi connectivity index (χ1n) is 9.12. The van der Waals surface area contributed by atoms with Crippen LogP contribution in [-0.2, 0) is 0 Å². The van der Waals surface area contributed by atoms with E-state index in [0.717, 1.165) is 4.68 Å². The molecule has 11 nitrogen and oxygen atoms in total. The van der Waals surface area contributed by atoms with Gasteiger partial charge >= 0.3 is 0 Å². The summed E-state index contributed by atoms with van der Waals surface area (Å²) in [5.74, 6) is -0.174. The minimum absolute atomic E-state index is 0.0733. The number of carbonyl (C=O) groups excluding carboxylic acids is 1. The standard InChI is InChI=1S/C21H16N6O5/c1-13-18(11-22)21(29)26(15-7-9-17(32-2)10-8-15)25-19(13)20(28)24-23-12-14-3-5-16(6-4-14)27(30)31/h3-10,12H,1-2H3,(H,24,28)/b23-12+. The summed E-state index contributed by atoms with van der Waals surface area (Å²) < 4.78 is 6.05. The Hall–Kier alpha value is -4.85. The molecule has 2 aromatic carbocycles. The third-order valence-corrected chi connectivity index (χ3v) is 4.46. The summed E-state index contributed by atoms with van der Waals surface area (Å²) in [6.45, 7) is 1.44. The zero-order valence-corrected chi connectivity index (χ0v) is 17.0. The van der Waals surface area contributed by atoms with E-state index in [1.807, 2.05) is 6.07 Å². The van der Waals surface area contributed by atoms with Crippen LogP contribution in [0, 0.1) is 28.4 Å². The van der Waals surface area contributed by atoms with E-state index in [1.165, 1.54) is 44.5 Å². The van der Waals surface area contributed by atoms with Crippen molar-refractivity contribution in [3.8, 4) is 17.5 Å². The van der Waals surface area contributed by atoms with Crippen LogP contribution in [0.4, 0.5) is 5.69 Å². The molecule has 0 saturated carbocycles. The van der Waals surface area contributed by atoms with Gasteiger partial charge < -0.3 is 4.74 Å². The molecule has 0 aliphatic carbocycles. The number of methoxy groups -OCH3 is 1. The second-order valence-electron chi connectivity index (χ2n) is 6.42. The molecule has 3 aromatic rings. The van der Waals surface area contributed by atoms with Gasteiger partial charge in [0.15, 0.2) is 5.69 Å². The predicted octanol–water partition coefficient (Wildman–Crippen LogP) is 2.09. The van der Waals surface area contributed by atoms with E-state index in [0.29, 0.717) is 17.0 Å². The monoisotopic (exact) mass is 432 g/mol. The molecule has 0 atom stereocenters. The summed E-state index contributed by atoms with van der Waals surface area (Å²) in [4.78, 5) is 35.5. The smallest absolute Gasteiger partial charge is 0.292 e. The molecule has 0 bridgehead atoms. The summed E-state index contributed by atoms with van der Waals surface area (Å²) in [5, 5.41) is 28.1. The van der Waals surface area contributed by atoms with Gasteiger partial charge in [-0.1, -0.05) is 0 Å². The van der Waals surface area contributed by atoms with Gasteiger partial charge in [-0.3, -0.25) is 19.7 Å². The van der Waals surface area contributed by atoms with Gasteiger partial charge in [-0.2, -0.15) is 20.1 Å². The molecule has 0 aliphatic rings. The number of hydrogen-bond donors (Lipinski definition) is 1. The molecule has 1 heterocycles. The van der Waals surface area contributed by atoms with E-state index in [1.54, 1.807) is 24.3 Å². The normalized spacial score (nSPS) is 10.5. The number of hydrogen-bond acceptors (Lipinski definition) is 8. The largest absolute Gasteiger partial charge is 0.497 e. The number of aromatic nitrogens is 2. The quantitative estimate of drug-likeness (QED) is 0.355. The van der Waals surface area contributed by atoms with Crippen molar-refractivity contribution >= 4 is 17.8 Å². The molecule has 32 heavy (non-hydrogen) atoms. The Kier molecular flexibility index (Phi) is 6.36. The zero-order chi connectivity index (χ0) is 23.3. The highest BCUT2D eigenvalue weighted by Gasteiger charge is 2.20. The van der Waals surface area contributed by atoms with Crippen LogP contribution in [0.1, 0.15) is 27.2 Å². The van der Waals surface area contributed by atoms with Gasteiger partial charge in [-0.15, -0.1) is 0 Å². The molecule has 11 heteroatoms. The van der Waals surface area contributed by atoms with Crippen molar-refractivity contribution < 1.29 is 14.5 Å². The van der Waals surface area contributed by atoms with Crippen LogP contribution in [0.5, 0.6) is 5.75 Å². The molecule has 0 unspecified atom stereocenters. The summed E-state index contributed by atoms with van der Waals surface area (Å²) in [6.07, 6.45) is 1.29. The topological polar surface area (TPSA) is 153 Å². The van der Waals surface area contributed by atoms with E-state index in [9.17, 15) is 25.0 Å². The number of non-ortho nitro benzene ring substituents is 1. The van der Waals surface area contributed by atoms with Gasteiger partial charge in [0.2, 0.25) is 0 Å². The van der Waals surface area contributed by atoms with Crippen molar-refractivity contribution in [1.82, 2.24) is 15.2 Å². The minimum atomic E-state index is -0.737. The van der Waals surface area contributed by atoms with Crippen LogP contribution in [-0.4, -0.2) is 33.9 Å². The Bertz CT molecular complexity index is 1300. The lowest BCUT2D eigenvalue weighted by atomic mass is 10.1. The highest BCUT2D eigenvalue weighted by atomic mass is 16.6. The van der Waals surface area contributed by atoms with Crippen LogP contribution < -0.4 is 15.7 Å². The van der Waals surface area contributed by atoms with E-state index in [-0.39, 0.29) is 22.5 Å². The molecule has 1 aromatic heterocycles. The fourth-order valence-corrected chi connectivity index (χ4v) is 2.75. The number of nitro benzene ring substituents is 1. The van der Waals surface area contributed by atoms with Crippen LogP contribution >= 0.6 is 0 Å². The molecule has 0 radical (unpaired) electrons. The second-order valence-corrected chi connectivity index (χ2v) is 6.42. The van der Waals surface area contributed by atoms with E-state index in [4.69, 9.17) is 4.74 Å². The van der Waals surface area contributed by atoms with Gasteiger partial charge in [-0.05, 0) is 48.9 Å². The highest BCUT2D eigenvalue weighted by molar-refractivity contribution is 5.94. The first-order valence-corrected chi connectivity index (χ1v) is 9.12. The number of rotatable bonds is 6. The van der Waals surface area contributed by atoms with Crippen molar-refractivity contribution in [2.24, 2.45) is 5.10 Å². The van der Waals surface area contributed by atoms with Gasteiger partial charge in [0, 0.05) is 17.7 Å². The number of nitriles is 1. The second kappa shape index (κ2) is 9.31. The van der Waals surface area contributed by atoms with Gasteiger partial charge in [-0.25, -0.2) is 5.43 Å². The Balaban J connectivity index is 1.90. The average molecular weight is 432 g/mol. The first-order chi connectivity index (χ1) is 15.3. The SMILES string of the molecule is COc1ccc(-n2nc(C(=O)N/N=C/c3ccc([N+](=O)[O-])cc3)c(C)c(C#N)c2=O)cc1. The van der Waals surface area contributed by atoms with Crippen molar-refractivity contribution in [3.05, 3.63) is 91.4 Å². The summed E-state index contributed by atoms with van der Waals surface area (Å²) >= 11 is 0. The molecule has 0 aliphatic heterocycles. The average Bonchev–Trinajstić information content (AvgIpc) is 2.80. The molecule has 160 valence electrons. The third kappa shape index (κ3) is 4.49. The molecule has 1 N–H and O–H groups in total. The van der Waals surface area contributed by atoms with E-state index >= 15 is 0 Å². The number of amides is 1. The third-order valence-electron chi connectivity index (χ3n) is 4.46. The molecule has 0 spiro atoms. The fourth-order valence-electron chi connectivity index (χ4n) is 2.75. The molecular formula is C21H16N6O5. The maximum atomic E-state index is 12.7. The van der Waals surface area contributed by atoms with Crippen LogP contribution in [0.3, 0.4) is 0 Å². The number of carbonyl (C=O) groups is 1. The zero-order valence-electron chi connectivity index (χ0n) is 17.0. The number of ether oxygens (including phenoxy) is 1. The van der Waals surface area contributed by atoms with Crippen molar-refractivity contribution in [1.29, 1.82) is 5.26 Å². The molecule has 0 fully saturated rings. The predicted molar refractivity (Wildman–Crippen MR) is 114 cm³/mol. The molecule has 1 amide bonds. The van der Waals surface area contributed by atoms with Gasteiger partial charge in [0.05, 0.1) is 23.9 Å². The van der Waals surface area contributed by atoms with Crippen molar-refractivity contribution in [3.63, 3.8) is 0 Å². The van der Waals surface area contributed by atoms with Gasteiger partial charge in [0.25, 0.3) is 17.2 Å². The summed E-state index contributed by atoms with van der Waals surface area (Å²) in [5.41, 5.74) is 2.14. The number of nitrogens with zero attached hydrogens (tertiary/aromatic N) is 5. The number of hydrazone groups is 1. The Morgan fingerprint density at radius 1 is 1.25 bits per heavy atom. The van der Waals surface area contributed by atoms with Gasteiger partial charge in [0.1, 0.15) is 17.4 Å². The number of benzene rings is 2. The lowest BCUT2D eigenvalue weighted by Crippen LogP contribution is -2.31. The Labute approximate surface area is 181 Å². The van der Waals surface area contributed by atoms with Crippen molar-refractivity contribution in [2.75, 3.05) is 7.11 Å². The highest BCUT2D eigenvalue weighted by Crippen LogP contribution is 2.15. The Morgan fingerprint density at radius 2 is 1.91 bits per heavy atom. The number of nitro groups is 1. The van der Waals surface area contributed by atoms with Crippen LogP contribution in [0.15, 0.2) is 58.4 Å². The van der Waals surface area contributed by atoms with Crippen LogP contribution in [0.25, 0.3) is 5.69 Å². The molecular weight excluding hydrogens is 416 g/mol. The minimum Gasteiger partial charge on any atom is -0.497 e. The summed E-state index contributed by atoms with van der Waals surface area (Å²) in [7, 11) is 1.50. The van der Waals surface area contributed by atoms with Crippen LogP contribution in [0.2, 0.25) is 0 Å². The molecule has 3 rings (SSSR count). The Morgan fingerprint density at radius 3 is 2.47 bits per heavy atom. The van der Waals surface area contributed by atoms with E-state index < -0.39 is 16.4 Å². The summed E-state index contributed by atoms with van der Waals surface area (Å²) in [6, 6.07) is 13.7.